The zero-order valence-electron chi connectivity index (χ0n) is 22.4. The Morgan fingerprint density at radius 2 is 1.88 bits per heavy atom. The average molecular weight is 538 g/mol. The lowest BCUT2D eigenvalue weighted by atomic mass is 10.00. The molecule has 4 aromatic rings. The smallest absolute Gasteiger partial charge is 0.410 e. The van der Waals surface area contributed by atoms with Crippen molar-refractivity contribution in [3.8, 4) is 0 Å². The van der Waals surface area contributed by atoms with E-state index in [0.29, 0.717) is 50.1 Å². The summed E-state index contributed by atoms with van der Waals surface area (Å²) in [6.07, 6.45) is 8.90. The molecule has 40 heavy (non-hydrogen) atoms. The van der Waals surface area contributed by atoms with Gasteiger partial charge >= 0.3 is 6.09 Å². The SMILES string of the molecule is CCOC(=O)N1CC=C(c2cccn3nc(Nc4ccc(C(=O)N5CCC(c6ccncc6)C5)cc4)nc23)CC1. The van der Waals surface area contributed by atoms with Crippen LogP contribution in [0.3, 0.4) is 0 Å². The topological polar surface area (TPSA) is 105 Å². The number of carbonyl (C=O) groups excluding carboxylic acids is 2. The van der Waals surface area contributed by atoms with Crippen molar-refractivity contribution in [2.75, 3.05) is 38.1 Å². The van der Waals surface area contributed by atoms with Crippen molar-refractivity contribution in [2.24, 2.45) is 0 Å². The molecule has 204 valence electrons. The van der Waals surface area contributed by atoms with Gasteiger partial charge in [0.25, 0.3) is 5.91 Å². The van der Waals surface area contributed by atoms with Gasteiger partial charge in [-0.3, -0.25) is 9.78 Å². The number of nitrogens with one attached hydrogen (secondary N) is 1. The molecule has 0 aliphatic carbocycles. The lowest BCUT2D eigenvalue weighted by Crippen LogP contribution is -2.35. The highest BCUT2D eigenvalue weighted by Crippen LogP contribution is 2.29. The maximum atomic E-state index is 13.1. The van der Waals surface area contributed by atoms with Crippen LogP contribution in [-0.4, -0.2) is 74.2 Å². The number of benzene rings is 1. The van der Waals surface area contributed by atoms with Gasteiger partial charge in [0, 0.05) is 67.5 Å². The molecule has 0 saturated carbocycles. The third kappa shape index (κ3) is 5.25. The Morgan fingerprint density at radius 3 is 2.62 bits per heavy atom. The van der Waals surface area contributed by atoms with Crippen molar-refractivity contribution in [3.05, 3.63) is 89.9 Å². The Labute approximate surface area is 232 Å². The predicted octanol–water partition coefficient (Wildman–Crippen LogP) is 4.74. The number of carbonyl (C=O) groups is 2. The van der Waals surface area contributed by atoms with E-state index in [0.717, 1.165) is 35.4 Å². The van der Waals surface area contributed by atoms with Crippen LogP contribution in [0.5, 0.6) is 0 Å². The van der Waals surface area contributed by atoms with E-state index in [1.54, 1.807) is 21.8 Å². The summed E-state index contributed by atoms with van der Waals surface area (Å²) in [5.74, 6) is 0.858. The second-order valence-electron chi connectivity index (χ2n) is 9.97. The first-order valence-corrected chi connectivity index (χ1v) is 13.6. The summed E-state index contributed by atoms with van der Waals surface area (Å²) < 4.78 is 6.87. The molecule has 10 nitrogen and oxygen atoms in total. The number of pyridine rings is 2. The highest BCUT2D eigenvalue weighted by molar-refractivity contribution is 5.95. The molecule has 1 fully saturated rings. The van der Waals surface area contributed by atoms with Crippen molar-refractivity contribution in [2.45, 2.75) is 25.7 Å². The highest BCUT2D eigenvalue weighted by atomic mass is 16.6. The zero-order valence-corrected chi connectivity index (χ0v) is 22.4. The van der Waals surface area contributed by atoms with Crippen LogP contribution in [0, 0.1) is 0 Å². The van der Waals surface area contributed by atoms with Gasteiger partial charge in [-0.15, -0.1) is 5.10 Å². The largest absolute Gasteiger partial charge is 0.450 e. The van der Waals surface area contributed by atoms with Crippen molar-refractivity contribution in [3.63, 3.8) is 0 Å². The number of nitrogens with zero attached hydrogens (tertiary/aromatic N) is 6. The number of anilines is 2. The molecule has 0 spiro atoms. The number of likely N-dealkylation sites (tertiary alicyclic amines) is 1. The minimum atomic E-state index is -0.285. The minimum absolute atomic E-state index is 0.0425. The van der Waals surface area contributed by atoms with Crippen LogP contribution in [0.1, 0.15) is 47.2 Å². The first-order valence-electron chi connectivity index (χ1n) is 13.6. The van der Waals surface area contributed by atoms with E-state index in [1.165, 1.54) is 5.56 Å². The zero-order chi connectivity index (χ0) is 27.5. The second-order valence-corrected chi connectivity index (χ2v) is 9.97. The van der Waals surface area contributed by atoms with Gasteiger partial charge in [0.15, 0.2) is 5.65 Å². The number of hydrogen-bond donors (Lipinski definition) is 1. The van der Waals surface area contributed by atoms with E-state index in [1.807, 2.05) is 72.6 Å². The van der Waals surface area contributed by atoms with Crippen molar-refractivity contribution >= 4 is 34.9 Å². The van der Waals surface area contributed by atoms with Crippen LogP contribution in [0.15, 0.2) is 73.2 Å². The molecule has 0 bridgehead atoms. The molecule has 3 aromatic heterocycles. The maximum absolute atomic E-state index is 13.1. The van der Waals surface area contributed by atoms with Gasteiger partial charge in [-0.25, -0.2) is 9.31 Å². The summed E-state index contributed by atoms with van der Waals surface area (Å²) in [6, 6.07) is 15.5. The molecule has 2 aliphatic rings. The van der Waals surface area contributed by atoms with Crippen LogP contribution in [0.2, 0.25) is 0 Å². The lowest BCUT2D eigenvalue weighted by Gasteiger charge is -2.25. The van der Waals surface area contributed by atoms with Crippen molar-refractivity contribution in [1.29, 1.82) is 0 Å². The first-order chi connectivity index (χ1) is 19.6. The van der Waals surface area contributed by atoms with Gasteiger partial charge in [-0.05, 0) is 79.4 Å². The maximum Gasteiger partial charge on any atom is 0.410 e. The molecule has 1 N–H and O–H groups in total. The van der Waals surface area contributed by atoms with Crippen LogP contribution in [0.25, 0.3) is 11.2 Å². The standard InChI is InChI=1S/C30H31N7O3/c1-2-40-30(39)35-17-11-22(12-18-35)26-4-3-16-37-27(26)33-29(34-37)32-25-7-5-23(6-8-25)28(38)36-19-13-24(20-36)21-9-14-31-15-10-21/h3-11,14-16,24H,2,12-13,17-20H2,1H3,(H,32,34). The number of rotatable bonds is 6. The van der Waals surface area contributed by atoms with Crippen LogP contribution >= 0.6 is 0 Å². The number of fused-ring (bicyclic) bond motifs is 1. The molecule has 1 atom stereocenters. The fourth-order valence-electron chi connectivity index (χ4n) is 5.36. The van der Waals surface area contributed by atoms with Crippen LogP contribution in [-0.2, 0) is 4.74 Å². The second kappa shape index (κ2) is 11.2. The summed E-state index contributed by atoms with van der Waals surface area (Å²) in [5.41, 5.74) is 5.54. The molecule has 2 amide bonds. The van der Waals surface area contributed by atoms with Crippen LogP contribution < -0.4 is 5.32 Å². The van der Waals surface area contributed by atoms with Gasteiger partial charge in [0.2, 0.25) is 5.95 Å². The quantitative estimate of drug-likeness (QED) is 0.379. The monoisotopic (exact) mass is 537 g/mol. The summed E-state index contributed by atoms with van der Waals surface area (Å²) in [5, 5.41) is 7.85. The van der Waals surface area contributed by atoms with Gasteiger partial charge < -0.3 is 19.9 Å². The Kier molecular flexibility index (Phi) is 7.13. The first kappa shape index (κ1) is 25.5. The number of hydrogen-bond acceptors (Lipinski definition) is 7. The fourth-order valence-corrected chi connectivity index (χ4v) is 5.36. The molecule has 1 saturated heterocycles. The highest BCUT2D eigenvalue weighted by Gasteiger charge is 2.28. The van der Waals surface area contributed by atoms with Crippen LogP contribution in [0.4, 0.5) is 16.4 Å². The van der Waals surface area contributed by atoms with E-state index < -0.39 is 0 Å². The summed E-state index contributed by atoms with van der Waals surface area (Å²) in [7, 11) is 0. The Balaban J connectivity index is 1.12. The Hall–Kier alpha value is -4.73. The molecule has 0 radical (unpaired) electrons. The van der Waals surface area contributed by atoms with Gasteiger partial charge in [-0.2, -0.15) is 4.98 Å². The van der Waals surface area contributed by atoms with Gasteiger partial charge in [0.1, 0.15) is 0 Å². The van der Waals surface area contributed by atoms with Gasteiger partial charge in [0.05, 0.1) is 6.61 Å². The number of amides is 2. The van der Waals surface area contributed by atoms with Crippen molar-refractivity contribution < 1.29 is 14.3 Å². The molecule has 1 unspecified atom stereocenters. The Morgan fingerprint density at radius 1 is 1.05 bits per heavy atom. The van der Waals surface area contributed by atoms with E-state index in [-0.39, 0.29) is 12.0 Å². The summed E-state index contributed by atoms with van der Waals surface area (Å²) in [6.45, 7) is 4.73. The van der Waals surface area contributed by atoms with E-state index in [9.17, 15) is 9.59 Å². The van der Waals surface area contributed by atoms with E-state index >= 15 is 0 Å². The molecule has 6 rings (SSSR count). The molecule has 5 heterocycles. The van der Waals surface area contributed by atoms with Crippen molar-refractivity contribution in [1.82, 2.24) is 29.4 Å². The Bertz CT molecular complexity index is 1550. The molecule has 1 aromatic carbocycles. The molecule has 2 aliphatic heterocycles. The third-order valence-corrected chi connectivity index (χ3v) is 7.48. The lowest BCUT2D eigenvalue weighted by molar-refractivity contribution is 0.0790. The third-order valence-electron chi connectivity index (χ3n) is 7.48. The predicted molar refractivity (Wildman–Crippen MR) is 151 cm³/mol. The van der Waals surface area contributed by atoms with E-state index in [2.05, 4.69) is 15.4 Å². The normalized spacial score (nSPS) is 17.1. The molecular weight excluding hydrogens is 506 g/mol. The fraction of sp³-hybridized carbons (Fsp3) is 0.300. The summed E-state index contributed by atoms with van der Waals surface area (Å²) in [4.78, 5) is 37.6. The number of ether oxygens (including phenoxy) is 1. The molecule has 10 heteroatoms. The molecular formula is C30H31N7O3. The summed E-state index contributed by atoms with van der Waals surface area (Å²) >= 11 is 0. The van der Waals surface area contributed by atoms with E-state index in [4.69, 9.17) is 9.72 Å². The average Bonchev–Trinajstić information content (AvgIpc) is 3.65. The van der Waals surface area contributed by atoms with Gasteiger partial charge in [-0.1, -0.05) is 6.08 Å². The minimum Gasteiger partial charge on any atom is -0.450 e. The number of aromatic nitrogens is 4.